The Labute approximate surface area is 104 Å². The van der Waals surface area contributed by atoms with E-state index in [4.69, 9.17) is 27.5 Å². The van der Waals surface area contributed by atoms with Crippen molar-refractivity contribution in [2.75, 3.05) is 37.8 Å². The number of hydrogen-bond donors (Lipinski definition) is 0. The molecule has 0 amide bonds. The van der Waals surface area contributed by atoms with Gasteiger partial charge in [0.15, 0.2) is 6.61 Å². The Morgan fingerprint density at radius 2 is 2.12 bits per heavy atom. The quantitative estimate of drug-likeness (QED) is 0.727. The Balaban J connectivity index is 2.15. The van der Waals surface area contributed by atoms with Crippen LogP contribution in [0, 0.1) is 12.3 Å². The van der Waals surface area contributed by atoms with Crippen molar-refractivity contribution < 1.29 is 9.47 Å². The van der Waals surface area contributed by atoms with Crippen molar-refractivity contribution in [2.24, 2.45) is 0 Å². The molecule has 0 N–H and O–H groups in total. The summed E-state index contributed by atoms with van der Waals surface area (Å²) in [7, 11) is 0. The molecule has 1 aliphatic rings. The maximum atomic E-state index is 5.80. The molecule has 2 heterocycles. The van der Waals surface area contributed by atoms with E-state index in [1.807, 2.05) is 4.90 Å². The highest BCUT2D eigenvalue weighted by Crippen LogP contribution is 2.16. The van der Waals surface area contributed by atoms with E-state index in [-0.39, 0.29) is 17.9 Å². The Hall–Kier alpha value is -1.58. The lowest BCUT2D eigenvalue weighted by Crippen LogP contribution is -2.37. The van der Waals surface area contributed by atoms with Crippen LogP contribution in [0.25, 0.3) is 0 Å². The normalized spacial score (nSPS) is 15.4. The van der Waals surface area contributed by atoms with E-state index in [9.17, 15) is 0 Å². The van der Waals surface area contributed by atoms with Crippen LogP contribution in [0.2, 0.25) is 5.28 Å². The molecule has 0 atom stereocenters. The molecule has 7 heteroatoms. The van der Waals surface area contributed by atoms with Crippen LogP contribution < -0.4 is 9.64 Å². The summed E-state index contributed by atoms with van der Waals surface area (Å²) >= 11 is 5.80. The lowest BCUT2D eigenvalue weighted by molar-refractivity contribution is 0.122. The zero-order valence-electron chi connectivity index (χ0n) is 9.10. The van der Waals surface area contributed by atoms with Gasteiger partial charge in [-0.25, -0.2) is 0 Å². The molecule has 2 rings (SSSR count). The van der Waals surface area contributed by atoms with Crippen LogP contribution >= 0.6 is 11.6 Å². The summed E-state index contributed by atoms with van der Waals surface area (Å²) in [6.45, 7) is 2.82. The Morgan fingerprint density at radius 3 is 2.82 bits per heavy atom. The zero-order chi connectivity index (χ0) is 12.1. The highest BCUT2D eigenvalue weighted by atomic mass is 35.5. The molecular weight excluding hydrogens is 244 g/mol. The molecule has 1 aromatic heterocycles. The summed E-state index contributed by atoms with van der Waals surface area (Å²) in [5, 5.41) is 0.0912. The summed E-state index contributed by atoms with van der Waals surface area (Å²) in [5.41, 5.74) is 0. The Morgan fingerprint density at radius 1 is 1.35 bits per heavy atom. The highest BCUT2D eigenvalue weighted by molar-refractivity contribution is 6.28. The average molecular weight is 255 g/mol. The van der Waals surface area contributed by atoms with E-state index in [0.29, 0.717) is 19.2 Å². The first-order chi connectivity index (χ1) is 8.29. The first-order valence-corrected chi connectivity index (χ1v) is 5.48. The lowest BCUT2D eigenvalue weighted by atomic mass is 10.4. The number of halogens is 1. The van der Waals surface area contributed by atoms with Gasteiger partial charge in [0.2, 0.25) is 11.2 Å². The first kappa shape index (κ1) is 11.9. The maximum absolute atomic E-state index is 5.80. The van der Waals surface area contributed by atoms with Crippen molar-refractivity contribution in [1.29, 1.82) is 0 Å². The van der Waals surface area contributed by atoms with E-state index in [2.05, 4.69) is 20.9 Å². The third-order valence-electron chi connectivity index (χ3n) is 2.15. The summed E-state index contributed by atoms with van der Waals surface area (Å²) in [6, 6.07) is 0.143. The van der Waals surface area contributed by atoms with Crippen molar-refractivity contribution in [2.45, 2.75) is 0 Å². The van der Waals surface area contributed by atoms with Crippen molar-refractivity contribution in [3.05, 3.63) is 5.28 Å². The van der Waals surface area contributed by atoms with Gasteiger partial charge in [0.05, 0.1) is 13.2 Å². The van der Waals surface area contributed by atoms with Crippen LogP contribution in [0.15, 0.2) is 0 Å². The van der Waals surface area contributed by atoms with Crippen LogP contribution in [-0.4, -0.2) is 47.9 Å². The summed E-state index contributed by atoms with van der Waals surface area (Å²) in [4.78, 5) is 14.0. The predicted molar refractivity (Wildman–Crippen MR) is 62.2 cm³/mol. The third kappa shape index (κ3) is 3.19. The molecule has 0 radical (unpaired) electrons. The van der Waals surface area contributed by atoms with Crippen LogP contribution in [0.1, 0.15) is 0 Å². The second kappa shape index (κ2) is 5.66. The Bertz CT molecular complexity index is 429. The molecule has 1 aromatic rings. The molecule has 0 spiro atoms. The van der Waals surface area contributed by atoms with Crippen molar-refractivity contribution in [3.8, 4) is 18.4 Å². The number of aromatic nitrogens is 3. The molecule has 6 nitrogen and oxygen atoms in total. The van der Waals surface area contributed by atoms with E-state index in [1.54, 1.807) is 0 Å². The number of terminal acetylenes is 1. The summed E-state index contributed by atoms with van der Waals surface area (Å²) < 4.78 is 10.4. The van der Waals surface area contributed by atoms with Gasteiger partial charge in [-0.1, -0.05) is 5.92 Å². The minimum absolute atomic E-state index is 0.0912. The minimum atomic E-state index is 0.0912. The van der Waals surface area contributed by atoms with Crippen molar-refractivity contribution in [3.63, 3.8) is 0 Å². The van der Waals surface area contributed by atoms with Gasteiger partial charge in [0.1, 0.15) is 0 Å². The van der Waals surface area contributed by atoms with Gasteiger partial charge in [-0.2, -0.15) is 15.0 Å². The van der Waals surface area contributed by atoms with E-state index < -0.39 is 0 Å². The molecular formula is C10H11ClN4O2. The zero-order valence-corrected chi connectivity index (χ0v) is 9.85. The molecule has 1 aliphatic heterocycles. The lowest BCUT2D eigenvalue weighted by Gasteiger charge is -2.26. The molecule has 0 saturated carbocycles. The van der Waals surface area contributed by atoms with Crippen LogP contribution in [0.3, 0.4) is 0 Å². The van der Waals surface area contributed by atoms with E-state index in [1.165, 1.54) is 0 Å². The molecule has 1 saturated heterocycles. The van der Waals surface area contributed by atoms with E-state index in [0.717, 1.165) is 13.1 Å². The predicted octanol–water partition coefficient (Wildman–Crippen LogP) is 0.374. The van der Waals surface area contributed by atoms with Gasteiger partial charge in [0.25, 0.3) is 0 Å². The second-order valence-corrected chi connectivity index (χ2v) is 3.62. The summed E-state index contributed by atoms with van der Waals surface area (Å²) in [6.07, 6.45) is 5.09. The number of rotatable bonds is 3. The monoisotopic (exact) mass is 254 g/mol. The van der Waals surface area contributed by atoms with Crippen LogP contribution in [0.4, 0.5) is 5.95 Å². The molecule has 0 aromatic carbocycles. The highest BCUT2D eigenvalue weighted by Gasteiger charge is 2.16. The summed E-state index contributed by atoms with van der Waals surface area (Å²) in [5.74, 6) is 2.82. The molecule has 1 fully saturated rings. The SMILES string of the molecule is C#CCOc1nc(Cl)nc(N2CCOCC2)n1. The van der Waals surface area contributed by atoms with Gasteiger partial charge in [-0.05, 0) is 11.6 Å². The number of morpholine rings is 1. The standard InChI is InChI=1S/C10H11ClN4O2/c1-2-5-17-10-13-8(11)12-9(14-10)15-3-6-16-7-4-15/h1H,3-7H2. The maximum Gasteiger partial charge on any atom is 0.323 e. The smallest absolute Gasteiger partial charge is 0.323 e. The molecule has 90 valence electrons. The van der Waals surface area contributed by atoms with Gasteiger partial charge < -0.3 is 14.4 Å². The molecule has 0 aliphatic carbocycles. The number of nitrogens with zero attached hydrogens (tertiary/aromatic N) is 4. The van der Waals surface area contributed by atoms with Crippen molar-refractivity contribution >= 4 is 17.5 Å². The molecule has 0 unspecified atom stereocenters. The molecule has 17 heavy (non-hydrogen) atoms. The fourth-order valence-corrected chi connectivity index (χ4v) is 1.55. The number of ether oxygens (including phenoxy) is 2. The van der Waals surface area contributed by atoms with E-state index >= 15 is 0 Å². The first-order valence-electron chi connectivity index (χ1n) is 5.10. The van der Waals surface area contributed by atoms with Gasteiger partial charge in [-0.15, -0.1) is 6.42 Å². The second-order valence-electron chi connectivity index (χ2n) is 3.28. The largest absolute Gasteiger partial charge is 0.450 e. The van der Waals surface area contributed by atoms with Gasteiger partial charge >= 0.3 is 6.01 Å². The van der Waals surface area contributed by atoms with Crippen molar-refractivity contribution in [1.82, 2.24) is 15.0 Å². The van der Waals surface area contributed by atoms with Crippen LogP contribution in [0.5, 0.6) is 6.01 Å². The van der Waals surface area contributed by atoms with Gasteiger partial charge in [-0.3, -0.25) is 0 Å². The number of anilines is 1. The average Bonchev–Trinajstić information content (AvgIpc) is 2.37. The van der Waals surface area contributed by atoms with Crippen LogP contribution in [-0.2, 0) is 4.74 Å². The molecule has 0 bridgehead atoms. The van der Waals surface area contributed by atoms with Gasteiger partial charge in [0, 0.05) is 13.1 Å². The minimum Gasteiger partial charge on any atom is -0.450 e. The Kier molecular flexibility index (Phi) is 3.96. The fourth-order valence-electron chi connectivity index (χ4n) is 1.40. The fraction of sp³-hybridized carbons (Fsp3) is 0.500. The third-order valence-corrected chi connectivity index (χ3v) is 2.32. The topological polar surface area (TPSA) is 60.4 Å². The number of hydrogen-bond acceptors (Lipinski definition) is 6.